The van der Waals surface area contributed by atoms with Crippen molar-refractivity contribution in [2.24, 2.45) is 0 Å². The zero-order valence-corrected chi connectivity index (χ0v) is 13.7. The number of hydrogen-bond acceptors (Lipinski definition) is 2. The van der Waals surface area contributed by atoms with Gasteiger partial charge >= 0.3 is 0 Å². The lowest BCUT2D eigenvalue weighted by molar-refractivity contribution is 0.657. The molecule has 0 aliphatic heterocycles. The van der Waals surface area contributed by atoms with Crippen LogP contribution >= 0.6 is 23.4 Å². The van der Waals surface area contributed by atoms with Crippen molar-refractivity contribution in [2.45, 2.75) is 24.8 Å². The average Bonchev–Trinajstić information content (AvgIpc) is 2.44. The largest absolute Gasteiger partial charge is 0.312 e. The van der Waals surface area contributed by atoms with Crippen LogP contribution in [0, 0.1) is 13.8 Å². The summed E-state index contributed by atoms with van der Waals surface area (Å²) >= 11 is 7.86. The molecule has 0 aliphatic carbocycles. The molecule has 1 N–H and O–H groups in total. The SMILES string of the molecule is CNC(CSc1cccc(Cl)c1)c1cccc(C)c1C. The molecule has 1 unspecified atom stereocenters. The van der Waals surface area contributed by atoms with Crippen LogP contribution in [-0.4, -0.2) is 12.8 Å². The van der Waals surface area contributed by atoms with Crippen molar-refractivity contribution >= 4 is 23.4 Å². The van der Waals surface area contributed by atoms with Crippen LogP contribution in [0.15, 0.2) is 47.4 Å². The highest BCUT2D eigenvalue weighted by atomic mass is 35.5. The summed E-state index contributed by atoms with van der Waals surface area (Å²) in [6.07, 6.45) is 0. The third-order valence-corrected chi connectivity index (χ3v) is 4.91. The molecule has 0 radical (unpaired) electrons. The summed E-state index contributed by atoms with van der Waals surface area (Å²) in [5, 5.41) is 4.21. The van der Waals surface area contributed by atoms with E-state index in [-0.39, 0.29) is 0 Å². The molecule has 2 aromatic carbocycles. The first kappa shape index (κ1) is 15.4. The molecule has 2 aromatic rings. The quantitative estimate of drug-likeness (QED) is 0.779. The van der Waals surface area contributed by atoms with Gasteiger partial charge < -0.3 is 5.32 Å². The molecule has 20 heavy (non-hydrogen) atoms. The van der Waals surface area contributed by atoms with Crippen molar-refractivity contribution in [1.82, 2.24) is 5.32 Å². The van der Waals surface area contributed by atoms with Crippen LogP contribution in [0.3, 0.4) is 0 Å². The maximum absolute atomic E-state index is 6.03. The monoisotopic (exact) mass is 305 g/mol. The molecule has 0 amide bonds. The normalized spacial score (nSPS) is 12.4. The van der Waals surface area contributed by atoms with Crippen LogP contribution in [0.5, 0.6) is 0 Å². The number of halogens is 1. The molecule has 0 aromatic heterocycles. The summed E-state index contributed by atoms with van der Waals surface area (Å²) in [4.78, 5) is 1.21. The van der Waals surface area contributed by atoms with Crippen molar-refractivity contribution in [2.75, 3.05) is 12.8 Å². The lowest BCUT2D eigenvalue weighted by Gasteiger charge is -2.19. The molecule has 0 aliphatic rings. The second-order valence-electron chi connectivity index (χ2n) is 4.90. The zero-order chi connectivity index (χ0) is 14.5. The van der Waals surface area contributed by atoms with Crippen LogP contribution in [0.1, 0.15) is 22.7 Å². The Balaban J connectivity index is 2.11. The Bertz CT molecular complexity index is 583. The van der Waals surface area contributed by atoms with Gasteiger partial charge in [0.05, 0.1) is 0 Å². The number of nitrogens with one attached hydrogen (secondary N) is 1. The minimum atomic E-state index is 0.346. The van der Waals surface area contributed by atoms with Gasteiger partial charge in [0.15, 0.2) is 0 Å². The predicted octanol–water partition coefficient (Wildman–Crippen LogP) is 5.01. The Morgan fingerprint density at radius 2 is 1.90 bits per heavy atom. The van der Waals surface area contributed by atoms with Crippen LogP contribution in [0.4, 0.5) is 0 Å². The Hall–Kier alpha value is -0.960. The standard InChI is InChI=1S/C17H20ClNS/c1-12-6-4-9-16(13(12)2)17(19-3)11-20-15-8-5-7-14(18)10-15/h4-10,17,19H,11H2,1-3H3. The molecular weight excluding hydrogens is 286 g/mol. The van der Waals surface area contributed by atoms with Gasteiger partial charge in [-0.15, -0.1) is 11.8 Å². The van der Waals surface area contributed by atoms with E-state index in [2.05, 4.69) is 43.4 Å². The van der Waals surface area contributed by atoms with Gasteiger partial charge in [0.25, 0.3) is 0 Å². The first-order valence-electron chi connectivity index (χ1n) is 6.73. The van der Waals surface area contributed by atoms with E-state index in [1.165, 1.54) is 21.6 Å². The molecule has 0 saturated carbocycles. The van der Waals surface area contributed by atoms with Crippen molar-refractivity contribution in [1.29, 1.82) is 0 Å². The highest BCUT2D eigenvalue weighted by molar-refractivity contribution is 7.99. The third kappa shape index (κ3) is 3.78. The number of thioether (sulfide) groups is 1. The van der Waals surface area contributed by atoms with Gasteiger partial charge in [0.1, 0.15) is 0 Å². The lowest BCUT2D eigenvalue weighted by Crippen LogP contribution is -2.20. The molecule has 3 heteroatoms. The molecule has 0 bridgehead atoms. The minimum Gasteiger partial charge on any atom is -0.312 e. The van der Waals surface area contributed by atoms with Gasteiger partial charge in [-0.3, -0.25) is 0 Å². The Morgan fingerprint density at radius 3 is 2.60 bits per heavy atom. The molecular formula is C17H20ClNS. The predicted molar refractivity (Wildman–Crippen MR) is 89.9 cm³/mol. The Kier molecular flexibility index (Phi) is 5.53. The molecule has 0 fully saturated rings. The zero-order valence-electron chi connectivity index (χ0n) is 12.1. The summed E-state index contributed by atoms with van der Waals surface area (Å²) in [5.74, 6) is 0.987. The fourth-order valence-electron chi connectivity index (χ4n) is 2.22. The van der Waals surface area contributed by atoms with Gasteiger partial charge in [0, 0.05) is 21.7 Å². The lowest BCUT2D eigenvalue weighted by atomic mass is 9.98. The maximum atomic E-state index is 6.03. The van der Waals surface area contributed by atoms with Crippen LogP contribution < -0.4 is 5.32 Å². The third-order valence-electron chi connectivity index (χ3n) is 3.58. The van der Waals surface area contributed by atoms with Crippen molar-refractivity contribution < 1.29 is 0 Å². The molecule has 0 saturated heterocycles. The molecule has 1 nitrogen and oxygen atoms in total. The van der Waals surface area contributed by atoms with Gasteiger partial charge in [0.2, 0.25) is 0 Å². The number of hydrogen-bond donors (Lipinski definition) is 1. The van der Waals surface area contributed by atoms with Crippen LogP contribution in [-0.2, 0) is 0 Å². The van der Waals surface area contributed by atoms with E-state index in [0.717, 1.165) is 10.8 Å². The van der Waals surface area contributed by atoms with E-state index >= 15 is 0 Å². The van der Waals surface area contributed by atoms with Gasteiger partial charge in [-0.25, -0.2) is 0 Å². The van der Waals surface area contributed by atoms with Crippen molar-refractivity contribution in [3.05, 3.63) is 64.2 Å². The first-order chi connectivity index (χ1) is 9.61. The van der Waals surface area contributed by atoms with Crippen LogP contribution in [0.2, 0.25) is 5.02 Å². The number of aryl methyl sites for hydroxylation is 1. The Labute approximate surface area is 130 Å². The van der Waals surface area contributed by atoms with E-state index in [4.69, 9.17) is 11.6 Å². The summed E-state index contributed by atoms with van der Waals surface area (Å²) in [6, 6.07) is 14.9. The summed E-state index contributed by atoms with van der Waals surface area (Å²) in [7, 11) is 2.02. The summed E-state index contributed by atoms with van der Waals surface area (Å²) in [6.45, 7) is 4.36. The second kappa shape index (κ2) is 7.16. The van der Waals surface area contributed by atoms with Crippen molar-refractivity contribution in [3.8, 4) is 0 Å². The van der Waals surface area contributed by atoms with E-state index in [1.54, 1.807) is 0 Å². The highest BCUT2D eigenvalue weighted by Gasteiger charge is 2.13. The van der Waals surface area contributed by atoms with E-state index in [0.29, 0.717) is 6.04 Å². The molecule has 1 atom stereocenters. The van der Waals surface area contributed by atoms with E-state index in [9.17, 15) is 0 Å². The summed E-state index contributed by atoms with van der Waals surface area (Å²) in [5.41, 5.74) is 4.09. The topological polar surface area (TPSA) is 12.0 Å². The van der Waals surface area contributed by atoms with Gasteiger partial charge in [-0.1, -0.05) is 35.9 Å². The number of benzene rings is 2. The maximum Gasteiger partial charge on any atom is 0.0417 e. The fraction of sp³-hybridized carbons (Fsp3) is 0.294. The number of rotatable bonds is 5. The first-order valence-corrected chi connectivity index (χ1v) is 8.10. The van der Waals surface area contributed by atoms with E-state index in [1.807, 2.05) is 37.0 Å². The molecule has 2 rings (SSSR count). The summed E-state index contributed by atoms with van der Waals surface area (Å²) < 4.78 is 0. The van der Waals surface area contributed by atoms with E-state index < -0.39 is 0 Å². The average molecular weight is 306 g/mol. The Morgan fingerprint density at radius 1 is 1.15 bits per heavy atom. The van der Waals surface area contributed by atoms with Crippen molar-refractivity contribution in [3.63, 3.8) is 0 Å². The van der Waals surface area contributed by atoms with Gasteiger partial charge in [-0.2, -0.15) is 0 Å². The smallest absolute Gasteiger partial charge is 0.0417 e. The second-order valence-corrected chi connectivity index (χ2v) is 6.43. The molecule has 106 valence electrons. The molecule has 0 spiro atoms. The highest BCUT2D eigenvalue weighted by Crippen LogP contribution is 2.28. The fourth-order valence-corrected chi connectivity index (χ4v) is 3.56. The van der Waals surface area contributed by atoms with Gasteiger partial charge in [-0.05, 0) is 55.8 Å². The minimum absolute atomic E-state index is 0.346. The molecule has 0 heterocycles. The van der Waals surface area contributed by atoms with Crippen LogP contribution in [0.25, 0.3) is 0 Å².